The highest BCUT2D eigenvalue weighted by Crippen LogP contribution is 2.33. The molecule has 0 spiro atoms. The van der Waals surface area contributed by atoms with Crippen molar-refractivity contribution in [2.45, 2.75) is 66.4 Å². The van der Waals surface area contributed by atoms with Gasteiger partial charge in [-0.05, 0) is 81.1 Å². The Morgan fingerprint density at radius 3 is 1.49 bits per heavy atom. The monoisotopic (exact) mass is 702 g/mol. The van der Waals surface area contributed by atoms with Crippen LogP contribution in [0.15, 0.2) is 48.5 Å². The summed E-state index contributed by atoms with van der Waals surface area (Å²) in [6.45, 7) is 10.8. The summed E-state index contributed by atoms with van der Waals surface area (Å²) in [6.07, 6.45) is -6.14. The van der Waals surface area contributed by atoms with Crippen LogP contribution in [-0.2, 0) is 33.3 Å². The number of aryl methyl sites for hydroxylation is 3. The number of ether oxygens (including phenoxy) is 3. The van der Waals surface area contributed by atoms with Crippen LogP contribution >= 0.6 is 0 Å². The van der Waals surface area contributed by atoms with E-state index in [1.165, 1.54) is 43.3 Å². The number of hydrogen-bond acceptors (Lipinski definition) is 8. The lowest BCUT2D eigenvalue weighted by atomic mass is 10.2. The van der Waals surface area contributed by atoms with Gasteiger partial charge in [0.15, 0.2) is 11.4 Å². The third-order valence-electron chi connectivity index (χ3n) is 6.40. The molecule has 0 atom stereocenters. The summed E-state index contributed by atoms with van der Waals surface area (Å²) in [4.78, 5) is 16.2. The minimum atomic E-state index is -4.49. The molecule has 10 nitrogen and oxygen atoms in total. The zero-order valence-electron chi connectivity index (χ0n) is 28.2. The van der Waals surface area contributed by atoms with Crippen LogP contribution in [0.5, 0.6) is 11.5 Å². The van der Waals surface area contributed by atoms with Gasteiger partial charge in [-0.1, -0.05) is 26.0 Å². The molecule has 1 saturated heterocycles. The SMILES string of the molecule is C1CCOC1.CC.COc1cc(C)ccc1-n1nc(C(F)(F)F)cc1C.COc1cc(CO)ccc1-n1nc(C(F)(F)F)cc1C.O=C=O. The van der Waals surface area contributed by atoms with Gasteiger partial charge in [0.25, 0.3) is 0 Å². The first-order valence-corrected chi connectivity index (χ1v) is 14.9. The van der Waals surface area contributed by atoms with E-state index >= 15 is 0 Å². The highest BCUT2D eigenvalue weighted by molar-refractivity contribution is 5.50. The molecule has 2 aromatic carbocycles. The first-order chi connectivity index (χ1) is 23.1. The zero-order chi connectivity index (χ0) is 37.4. The van der Waals surface area contributed by atoms with E-state index in [9.17, 15) is 26.3 Å². The average molecular weight is 703 g/mol. The Balaban J connectivity index is 0.000000384. The summed E-state index contributed by atoms with van der Waals surface area (Å²) < 4.78 is 93.6. The topological polar surface area (TPSA) is 118 Å². The second kappa shape index (κ2) is 20.0. The summed E-state index contributed by atoms with van der Waals surface area (Å²) in [5, 5.41) is 16.2. The molecule has 49 heavy (non-hydrogen) atoms. The first kappa shape index (κ1) is 42.4. The fourth-order valence-corrected chi connectivity index (χ4v) is 4.18. The smallest absolute Gasteiger partial charge is 0.435 e. The lowest BCUT2D eigenvalue weighted by molar-refractivity contribution is -0.191. The number of rotatable bonds is 5. The van der Waals surface area contributed by atoms with Crippen molar-refractivity contribution in [3.05, 3.63) is 82.4 Å². The van der Waals surface area contributed by atoms with Crippen LogP contribution in [0, 0.1) is 20.8 Å². The van der Waals surface area contributed by atoms with Crippen LogP contribution in [-0.4, -0.2) is 58.3 Å². The molecule has 0 aliphatic carbocycles. The van der Waals surface area contributed by atoms with Gasteiger partial charge in [0, 0.05) is 24.6 Å². The molecule has 270 valence electrons. The maximum atomic E-state index is 12.7. The molecule has 1 N–H and O–H groups in total. The Kier molecular flexibility index (Phi) is 17.3. The predicted octanol–water partition coefficient (Wildman–Crippen LogP) is 7.46. The molecule has 16 heteroatoms. The van der Waals surface area contributed by atoms with Gasteiger partial charge < -0.3 is 19.3 Å². The van der Waals surface area contributed by atoms with E-state index in [2.05, 4.69) is 10.2 Å². The van der Waals surface area contributed by atoms with Crippen molar-refractivity contribution in [3.8, 4) is 22.9 Å². The average Bonchev–Trinajstić information content (AvgIpc) is 3.85. The molecule has 0 saturated carbocycles. The fourth-order valence-electron chi connectivity index (χ4n) is 4.18. The molecule has 1 fully saturated rings. The molecular weight excluding hydrogens is 662 g/mol. The van der Waals surface area contributed by atoms with Crippen molar-refractivity contribution in [2.24, 2.45) is 0 Å². The number of methoxy groups -OCH3 is 2. The van der Waals surface area contributed by atoms with Crippen molar-refractivity contribution in [2.75, 3.05) is 27.4 Å². The van der Waals surface area contributed by atoms with Gasteiger partial charge in [0.1, 0.15) is 22.9 Å². The molecule has 5 rings (SSSR count). The standard InChI is InChI=1S/C13H13F3N2O2.C13H13F3N2O.C4H8O.C2H6.CO2/c1-8-5-12(13(14,15)16)17-18(8)10-4-3-9(7-19)6-11(10)20-2;1-8-4-5-10(11(6-8)19-3)18-9(2)7-12(17-18)13(14,15)16;1-2-4-5-3-1;1-2;2-1-3/h3-6,19H,7H2,1-2H3;4-7H,1-3H3;1-4H2;1-2H3;. The summed E-state index contributed by atoms with van der Waals surface area (Å²) in [5.74, 6) is 0.830. The van der Waals surface area contributed by atoms with Gasteiger partial charge in [-0.15, -0.1) is 0 Å². The number of aromatic nitrogens is 4. The van der Waals surface area contributed by atoms with Crippen LogP contribution in [0.25, 0.3) is 11.4 Å². The van der Waals surface area contributed by atoms with Crippen molar-refractivity contribution in [1.29, 1.82) is 0 Å². The second-order valence-corrected chi connectivity index (χ2v) is 9.90. The molecule has 2 aromatic heterocycles. The molecule has 1 aliphatic rings. The fraction of sp³-hybridized carbons (Fsp3) is 0.424. The van der Waals surface area contributed by atoms with Gasteiger partial charge in [-0.2, -0.15) is 46.1 Å². The molecular formula is C33H40F6N4O6. The molecule has 4 aromatic rings. The number of halogens is 6. The van der Waals surface area contributed by atoms with Crippen LogP contribution in [0.2, 0.25) is 0 Å². The van der Waals surface area contributed by atoms with E-state index < -0.39 is 23.7 Å². The van der Waals surface area contributed by atoms with Crippen LogP contribution in [0.3, 0.4) is 0 Å². The Hall–Kier alpha value is -4.66. The summed E-state index contributed by atoms with van der Waals surface area (Å²) in [7, 11) is 2.88. The maximum Gasteiger partial charge on any atom is 0.435 e. The molecule has 0 unspecified atom stereocenters. The van der Waals surface area contributed by atoms with E-state index in [4.69, 9.17) is 28.9 Å². The normalized spacial score (nSPS) is 12.0. The van der Waals surface area contributed by atoms with Gasteiger partial charge in [0.05, 0.1) is 20.8 Å². The number of carbonyl (C=O) groups excluding carboxylic acids is 2. The Labute approximate surface area is 280 Å². The third kappa shape index (κ3) is 12.7. The Morgan fingerprint density at radius 1 is 0.755 bits per heavy atom. The number of nitrogens with zero attached hydrogens (tertiary/aromatic N) is 4. The van der Waals surface area contributed by atoms with E-state index in [1.54, 1.807) is 43.3 Å². The van der Waals surface area contributed by atoms with Gasteiger partial charge in [0.2, 0.25) is 0 Å². The highest BCUT2D eigenvalue weighted by Gasteiger charge is 2.35. The number of aliphatic hydroxyl groups excluding tert-OH is 1. The second-order valence-electron chi connectivity index (χ2n) is 9.90. The van der Waals surface area contributed by atoms with Gasteiger partial charge >= 0.3 is 18.5 Å². The van der Waals surface area contributed by atoms with E-state index in [1.807, 2.05) is 20.8 Å². The van der Waals surface area contributed by atoms with Crippen LogP contribution in [0.4, 0.5) is 26.3 Å². The number of aliphatic hydroxyl groups is 1. The van der Waals surface area contributed by atoms with Crippen molar-refractivity contribution in [3.63, 3.8) is 0 Å². The van der Waals surface area contributed by atoms with E-state index in [0.717, 1.165) is 30.9 Å². The highest BCUT2D eigenvalue weighted by atomic mass is 19.4. The first-order valence-electron chi connectivity index (χ1n) is 14.9. The summed E-state index contributed by atoms with van der Waals surface area (Å²) in [6, 6.07) is 11.9. The predicted molar refractivity (Wildman–Crippen MR) is 167 cm³/mol. The molecule has 1 aliphatic heterocycles. The van der Waals surface area contributed by atoms with Crippen LogP contribution in [0.1, 0.15) is 60.6 Å². The molecule has 0 amide bonds. The Morgan fingerprint density at radius 2 is 1.16 bits per heavy atom. The number of hydrogen-bond donors (Lipinski definition) is 1. The minimum absolute atomic E-state index is 0.178. The van der Waals surface area contributed by atoms with E-state index in [0.29, 0.717) is 39.8 Å². The lowest BCUT2D eigenvalue weighted by Gasteiger charge is -2.11. The zero-order valence-corrected chi connectivity index (χ0v) is 28.2. The van der Waals surface area contributed by atoms with Crippen molar-refractivity contribution >= 4 is 6.15 Å². The maximum absolute atomic E-state index is 12.7. The van der Waals surface area contributed by atoms with Crippen molar-refractivity contribution in [1.82, 2.24) is 19.6 Å². The van der Waals surface area contributed by atoms with Crippen LogP contribution < -0.4 is 9.47 Å². The van der Waals surface area contributed by atoms with Gasteiger partial charge in [-0.3, -0.25) is 0 Å². The third-order valence-corrected chi connectivity index (χ3v) is 6.40. The number of alkyl halides is 6. The van der Waals surface area contributed by atoms with Gasteiger partial charge in [-0.25, -0.2) is 9.36 Å². The van der Waals surface area contributed by atoms with E-state index in [-0.39, 0.29) is 12.8 Å². The Bertz CT molecular complexity index is 1620. The largest absolute Gasteiger partial charge is 0.494 e. The molecule has 0 radical (unpaired) electrons. The van der Waals surface area contributed by atoms with Crippen molar-refractivity contribution < 1.29 is 55.2 Å². The lowest BCUT2D eigenvalue weighted by Crippen LogP contribution is -2.08. The number of benzene rings is 2. The quantitative estimate of drug-likeness (QED) is 0.213. The molecule has 0 bridgehead atoms. The minimum Gasteiger partial charge on any atom is -0.494 e. The molecule has 3 heterocycles. The summed E-state index contributed by atoms with van der Waals surface area (Å²) in [5.41, 5.74) is 1.31. The summed E-state index contributed by atoms with van der Waals surface area (Å²) >= 11 is 0.